The topological polar surface area (TPSA) is 93.7 Å². The van der Waals surface area contributed by atoms with E-state index < -0.39 is 17.7 Å². The fourth-order valence-electron chi connectivity index (χ4n) is 2.77. The van der Waals surface area contributed by atoms with Crippen LogP contribution in [-0.2, 0) is 25.7 Å². The molecule has 0 aromatic heterocycles. The molecule has 0 bridgehead atoms. The van der Waals surface area contributed by atoms with Crippen molar-refractivity contribution in [2.45, 2.75) is 71.1 Å². The van der Waals surface area contributed by atoms with Crippen LogP contribution < -0.4 is 10.6 Å². The number of allylic oxidation sites excluding steroid dienone is 1. The Balaban J connectivity index is 2.21. The van der Waals surface area contributed by atoms with Crippen molar-refractivity contribution < 1.29 is 23.9 Å². The highest BCUT2D eigenvalue weighted by molar-refractivity contribution is 7.98. The van der Waals surface area contributed by atoms with Crippen molar-refractivity contribution in [1.29, 1.82) is 0 Å². The SMILES string of the molecule is CSCC[C@H](NC(=O)OC(C)(C)C)C(=O)NCC/C=C\CCCC(=O)OCc1ccccc1. The van der Waals surface area contributed by atoms with E-state index in [1.807, 2.05) is 48.7 Å². The Hall–Kier alpha value is -2.48. The first-order chi connectivity index (χ1) is 15.7. The average molecular weight is 479 g/mol. The highest BCUT2D eigenvalue weighted by Crippen LogP contribution is 2.08. The third-order valence-electron chi connectivity index (χ3n) is 4.39. The summed E-state index contributed by atoms with van der Waals surface area (Å²) in [5.74, 6) is 0.333. The molecule has 2 N–H and O–H groups in total. The fraction of sp³-hybridized carbons (Fsp3) is 0.560. The summed E-state index contributed by atoms with van der Waals surface area (Å²) in [6.45, 7) is 6.12. The summed E-state index contributed by atoms with van der Waals surface area (Å²) in [5.41, 5.74) is 0.360. The van der Waals surface area contributed by atoms with Gasteiger partial charge in [0.2, 0.25) is 5.91 Å². The predicted octanol–water partition coefficient (Wildman–Crippen LogP) is 4.61. The molecule has 8 heteroatoms. The number of thioether (sulfide) groups is 1. The summed E-state index contributed by atoms with van der Waals surface area (Å²) in [5, 5.41) is 5.52. The van der Waals surface area contributed by atoms with E-state index in [0.29, 0.717) is 38.8 Å². The Bertz CT molecular complexity index is 747. The van der Waals surface area contributed by atoms with Gasteiger partial charge in [0.25, 0.3) is 0 Å². The van der Waals surface area contributed by atoms with E-state index in [-0.39, 0.29) is 11.9 Å². The van der Waals surface area contributed by atoms with E-state index in [2.05, 4.69) is 10.6 Å². The molecule has 1 aromatic carbocycles. The van der Waals surface area contributed by atoms with Crippen LogP contribution in [0.2, 0.25) is 0 Å². The Morgan fingerprint density at radius 1 is 1.09 bits per heavy atom. The number of esters is 1. The molecule has 0 unspecified atom stereocenters. The Morgan fingerprint density at radius 3 is 2.45 bits per heavy atom. The molecule has 0 aliphatic heterocycles. The molecule has 0 heterocycles. The minimum atomic E-state index is -0.627. The fourth-order valence-corrected chi connectivity index (χ4v) is 3.24. The number of amides is 2. The second-order valence-corrected chi connectivity index (χ2v) is 9.56. The molecular formula is C25H38N2O5S. The van der Waals surface area contributed by atoms with Crippen LogP contribution >= 0.6 is 11.8 Å². The van der Waals surface area contributed by atoms with Gasteiger partial charge in [-0.1, -0.05) is 42.5 Å². The van der Waals surface area contributed by atoms with Gasteiger partial charge < -0.3 is 20.1 Å². The number of hydrogen-bond acceptors (Lipinski definition) is 6. The minimum Gasteiger partial charge on any atom is -0.461 e. The van der Waals surface area contributed by atoms with Gasteiger partial charge in [0, 0.05) is 13.0 Å². The highest BCUT2D eigenvalue weighted by Gasteiger charge is 2.23. The summed E-state index contributed by atoms with van der Waals surface area (Å²) in [7, 11) is 0. The van der Waals surface area contributed by atoms with Crippen molar-refractivity contribution in [2.75, 3.05) is 18.6 Å². The summed E-state index contributed by atoms with van der Waals surface area (Å²) in [6, 6.07) is 8.98. The van der Waals surface area contributed by atoms with E-state index in [0.717, 1.165) is 17.7 Å². The molecule has 2 amide bonds. The molecule has 184 valence electrons. The maximum atomic E-state index is 12.5. The Labute approximate surface area is 202 Å². The van der Waals surface area contributed by atoms with Crippen molar-refractivity contribution >= 4 is 29.7 Å². The molecule has 33 heavy (non-hydrogen) atoms. The molecule has 0 saturated carbocycles. The first-order valence-corrected chi connectivity index (χ1v) is 12.7. The number of carbonyl (C=O) groups is 3. The summed E-state index contributed by atoms with van der Waals surface area (Å²) in [4.78, 5) is 36.3. The maximum Gasteiger partial charge on any atom is 0.408 e. The van der Waals surface area contributed by atoms with Gasteiger partial charge in [0.05, 0.1) is 0 Å². The molecule has 1 aromatic rings. The first kappa shape index (κ1) is 28.6. The summed E-state index contributed by atoms with van der Waals surface area (Å²) < 4.78 is 10.5. The number of hydrogen-bond donors (Lipinski definition) is 2. The predicted molar refractivity (Wildman–Crippen MR) is 133 cm³/mol. The smallest absolute Gasteiger partial charge is 0.408 e. The lowest BCUT2D eigenvalue weighted by Gasteiger charge is -2.23. The molecule has 0 saturated heterocycles. The Kier molecular flexibility index (Phi) is 14.0. The van der Waals surface area contributed by atoms with Crippen LogP contribution in [0.3, 0.4) is 0 Å². The van der Waals surface area contributed by atoms with Gasteiger partial charge in [-0.3, -0.25) is 9.59 Å². The molecule has 0 radical (unpaired) electrons. The van der Waals surface area contributed by atoms with Crippen LogP contribution in [0.4, 0.5) is 4.79 Å². The first-order valence-electron chi connectivity index (χ1n) is 11.3. The van der Waals surface area contributed by atoms with E-state index in [9.17, 15) is 14.4 Å². The number of alkyl carbamates (subject to hydrolysis) is 1. The van der Waals surface area contributed by atoms with Crippen molar-refractivity contribution in [2.24, 2.45) is 0 Å². The molecule has 0 fully saturated rings. The second-order valence-electron chi connectivity index (χ2n) is 8.57. The monoisotopic (exact) mass is 478 g/mol. The lowest BCUT2D eigenvalue weighted by Crippen LogP contribution is -2.48. The van der Waals surface area contributed by atoms with Gasteiger partial charge in [-0.15, -0.1) is 0 Å². The minimum absolute atomic E-state index is 0.201. The second kappa shape index (κ2) is 16.2. The van der Waals surface area contributed by atoms with Gasteiger partial charge in [-0.25, -0.2) is 4.79 Å². The van der Waals surface area contributed by atoms with Gasteiger partial charge in [0.15, 0.2) is 0 Å². The number of carbonyl (C=O) groups excluding carboxylic acids is 3. The third kappa shape index (κ3) is 15.1. The van der Waals surface area contributed by atoms with E-state index in [4.69, 9.17) is 9.47 Å². The van der Waals surface area contributed by atoms with Gasteiger partial charge in [-0.2, -0.15) is 11.8 Å². The van der Waals surface area contributed by atoms with Crippen molar-refractivity contribution in [3.8, 4) is 0 Å². The van der Waals surface area contributed by atoms with Gasteiger partial charge in [0.1, 0.15) is 18.2 Å². The number of benzene rings is 1. The summed E-state index contributed by atoms with van der Waals surface area (Å²) >= 11 is 1.61. The lowest BCUT2D eigenvalue weighted by atomic mass is 10.2. The number of ether oxygens (including phenoxy) is 2. The van der Waals surface area contributed by atoms with Crippen LogP contribution in [0.1, 0.15) is 58.4 Å². The van der Waals surface area contributed by atoms with E-state index in [1.54, 1.807) is 32.5 Å². The normalized spacial score (nSPS) is 12.2. The third-order valence-corrected chi connectivity index (χ3v) is 5.03. The zero-order chi connectivity index (χ0) is 24.5. The molecule has 0 spiro atoms. The molecule has 1 atom stereocenters. The molecule has 1 rings (SSSR count). The largest absolute Gasteiger partial charge is 0.461 e. The average Bonchev–Trinajstić information content (AvgIpc) is 2.76. The van der Waals surface area contributed by atoms with Crippen molar-refractivity contribution in [3.05, 3.63) is 48.0 Å². The van der Waals surface area contributed by atoms with Gasteiger partial charge >= 0.3 is 12.1 Å². The number of rotatable bonds is 14. The maximum absolute atomic E-state index is 12.5. The van der Waals surface area contributed by atoms with Crippen LogP contribution in [-0.4, -0.2) is 48.2 Å². The molecule has 7 nitrogen and oxygen atoms in total. The number of nitrogens with one attached hydrogen (secondary N) is 2. The number of unbranched alkanes of at least 4 members (excludes halogenated alkanes) is 1. The van der Waals surface area contributed by atoms with Gasteiger partial charge in [-0.05, 0) is 64.0 Å². The zero-order valence-electron chi connectivity index (χ0n) is 20.2. The zero-order valence-corrected chi connectivity index (χ0v) is 21.0. The van der Waals surface area contributed by atoms with Crippen LogP contribution in [0.15, 0.2) is 42.5 Å². The standard InChI is InChI=1S/C25H38N2O5S/c1-25(2,3)32-24(30)27-21(16-18-33-4)23(29)26-17-12-7-5-6-11-15-22(28)31-19-20-13-9-8-10-14-20/h5,7-10,13-14,21H,6,11-12,15-19H2,1-4H3,(H,26,29)(H,27,30)/b7-5-/t21-/m0/s1. The molecule has 0 aliphatic rings. The lowest BCUT2D eigenvalue weighted by molar-refractivity contribution is -0.145. The summed E-state index contributed by atoms with van der Waals surface area (Å²) in [6.07, 6.45) is 8.41. The molecule has 0 aliphatic carbocycles. The quantitative estimate of drug-likeness (QED) is 0.230. The van der Waals surface area contributed by atoms with E-state index in [1.165, 1.54) is 0 Å². The Morgan fingerprint density at radius 2 is 1.79 bits per heavy atom. The highest BCUT2D eigenvalue weighted by atomic mass is 32.2. The van der Waals surface area contributed by atoms with Crippen molar-refractivity contribution in [3.63, 3.8) is 0 Å². The molecular weight excluding hydrogens is 440 g/mol. The van der Waals surface area contributed by atoms with Crippen LogP contribution in [0.5, 0.6) is 0 Å². The van der Waals surface area contributed by atoms with Crippen LogP contribution in [0.25, 0.3) is 0 Å². The van der Waals surface area contributed by atoms with E-state index >= 15 is 0 Å². The van der Waals surface area contributed by atoms with Crippen LogP contribution in [0, 0.1) is 0 Å². The van der Waals surface area contributed by atoms with Crippen molar-refractivity contribution in [1.82, 2.24) is 10.6 Å².